The van der Waals surface area contributed by atoms with Gasteiger partial charge in [-0.2, -0.15) is 5.10 Å². The van der Waals surface area contributed by atoms with Gasteiger partial charge in [0.05, 0.1) is 17.7 Å². The van der Waals surface area contributed by atoms with Crippen molar-refractivity contribution in [2.24, 2.45) is 5.10 Å². The van der Waals surface area contributed by atoms with E-state index in [0.29, 0.717) is 11.3 Å². The molecule has 0 atom stereocenters. The monoisotopic (exact) mass is 331 g/mol. The lowest BCUT2D eigenvalue weighted by Gasteiger charge is -2.05. The molecule has 0 saturated heterocycles. The molecule has 0 aliphatic heterocycles. The van der Waals surface area contributed by atoms with Crippen LogP contribution >= 0.6 is 0 Å². The van der Waals surface area contributed by atoms with Gasteiger partial charge in [0.15, 0.2) is 5.75 Å². The van der Waals surface area contributed by atoms with Crippen LogP contribution in [0.2, 0.25) is 0 Å². The summed E-state index contributed by atoms with van der Waals surface area (Å²) in [4.78, 5) is 22.4. The van der Waals surface area contributed by atoms with Crippen molar-refractivity contribution in [3.63, 3.8) is 0 Å². The van der Waals surface area contributed by atoms with Crippen LogP contribution in [-0.2, 0) is 0 Å². The Morgan fingerprint density at radius 1 is 1.21 bits per heavy atom. The van der Waals surface area contributed by atoms with E-state index in [1.54, 1.807) is 13.0 Å². The summed E-state index contributed by atoms with van der Waals surface area (Å²) in [6, 6.07) is 9.34. The Balaban J connectivity index is 2.18. The van der Waals surface area contributed by atoms with Gasteiger partial charge in [-0.15, -0.1) is 0 Å². The standard InChI is InChI=1S/C16H14FN3O4/c1-10(12-5-8-15(24-2)14(9-12)20(22)23)18-19-16(21)11-3-6-13(17)7-4-11/h3-9H,1-2H3,(H,19,21)/b18-10-. The molecular weight excluding hydrogens is 317 g/mol. The van der Waals surface area contributed by atoms with Crippen molar-refractivity contribution in [3.8, 4) is 5.75 Å². The van der Waals surface area contributed by atoms with Gasteiger partial charge in [-0.05, 0) is 43.3 Å². The number of nitro groups is 1. The molecule has 0 heterocycles. The number of carbonyl (C=O) groups is 1. The molecule has 0 aliphatic carbocycles. The maximum absolute atomic E-state index is 12.8. The lowest BCUT2D eigenvalue weighted by Crippen LogP contribution is -2.19. The predicted octanol–water partition coefficient (Wildman–Crippen LogP) is 2.90. The maximum atomic E-state index is 12.8. The third kappa shape index (κ3) is 3.92. The SMILES string of the molecule is COc1ccc(/C(C)=N\NC(=O)c2ccc(F)cc2)cc1[N+](=O)[O-]. The molecular formula is C16H14FN3O4. The number of hydrogen-bond acceptors (Lipinski definition) is 5. The Morgan fingerprint density at radius 2 is 1.83 bits per heavy atom. The Morgan fingerprint density at radius 3 is 2.42 bits per heavy atom. The number of ether oxygens (including phenoxy) is 1. The van der Waals surface area contributed by atoms with Crippen molar-refractivity contribution in [1.82, 2.24) is 5.43 Å². The van der Waals surface area contributed by atoms with E-state index >= 15 is 0 Å². The lowest BCUT2D eigenvalue weighted by molar-refractivity contribution is -0.385. The van der Waals surface area contributed by atoms with Gasteiger partial charge in [0, 0.05) is 17.2 Å². The van der Waals surface area contributed by atoms with Crippen molar-refractivity contribution in [2.75, 3.05) is 7.11 Å². The molecule has 0 radical (unpaired) electrons. The lowest BCUT2D eigenvalue weighted by atomic mass is 10.1. The van der Waals surface area contributed by atoms with Crippen LogP contribution in [0.25, 0.3) is 0 Å². The molecule has 0 aromatic heterocycles. The van der Waals surface area contributed by atoms with Crippen molar-refractivity contribution in [2.45, 2.75) is 6.92 Å². The summed E-state index contributed by atoms with van der Waals surface area (Å²) in [5.74, 6) is -0.832. The first-order chi connectivity index (χ1) is 11.4. The van der Waals surface area contributed by atoms with E-state index in [0.717, 1.165) is 12.1 Å². The molecule has 1 N–H and O–H groups in total. The Bertz CT molecular complexity index is 803. The van der Waals surface area contributed by atoms with E-state index in [9.17, 15) is 19.3 Å². The van der Waals surface area contributed by atoms with Crippen molar-refractivity contribution < 1.29 is 18.8 Å². The number of halogens is 1. The van der Waals surface area contributed by atoms with Crippen LogP contribution in [0.5, 0.6) is 5.75 Å². The Labute approximate surface area is 136 Å². The number of hydrazone groups is 1. The topological polar surface area (TPSA) is 93.8 Å². The highest BCUT2D eigenvalue weighted by atomic mass is 19.1. The van der Waals surface area contributed by atoms with Gasteiger partial charge < -0.3 is 4.74 Å². The molecule has 0 saturated carbocycles. The minimum Gasteiger partial charge on any atom is -0.490 e. The number of carbonyl (C=O) groups excluding carboxylic acids is 1. The summed E-state index contributed by atoms with van der Waals surface area (Å²) < 4.78 is 17.8. The van der Waals surface area contributed by atoms with E-state index in [-0.39, 0.29) is 17.0 Å². The molecule has 0 bridgehead atoms. The second-order valence-corrected chi connectivity index (χ2v) is 4.79. The number of nitrogens with one attached hydrogen (secondary N) is 1. The van der Waals surface area contributed by atoms with Gasteiger partial charge in [-0.1, -0.05) is 0 Å². The van der Waals surface area contributed by atoms with Gasteiger partial charge in [0.1, 0.15) is 5.82 Å². The van der Waals surface area contributed by atoms with Crippen molar-refractivity contribution in [3.05, 3.63) is 69.5 Å². The number of nitro benzene ring substituents is 1. The average molecular weight is 331 g/mol. The van der Waals surface area contributed by atoms with Crippen molar-refractivity contribution >= 4 is 17.3 Å². The van der Waals surface area contributed by atoms with Gasteiger partial charge in [-0.3, -0.25) is 14.9 Å². The summed E-state index contributed by atoms with van der Waals surface area (Å²) in [6.07, 6.45) is 0. The Hall–Kier alpha value is -3.29. The number of hydrogen-bond donors (Lipinski definition) is 1. The largest absolute Gasteiger partial charge is 0.490 e. The molecule has 2 aromatic rings. The van der Waals surface area contributed by atoms with Gasteiger partial charge in [0.2, 0.25) is 0 Å². The van der Waals surface area contributed by atoms with Crippen LogP contribution in [0.1, 0.15) is 22.8 Å². The van der Waals surface area contributed by atoms with Crippen LogP contribution in [-0.4, -0.2) is 23.7 Å². The van der Waals surface area contributed by atoms with Crippen LogP contribution in [0.15, 0.2) is 47.6 Å². The molecule has 0 unspecified atom stereocenters. The Kier molecular flexibility index (Phi) is 5.20. The summed E-state index contributed by atoms with van der Waals surface area (Å²) in [7, 11) is 1.34. The highest BCUT2D eigenvalue weighted by Crippen LogP contribution is 2.27. The van der Waals surface area contributed by atoms with E-state index in [4.69, 9.17) is 4.74 Å². The normalized spacial score (nSPS) is 11.0. The third-order valence-corrected chi connectivity index (χ3v) is 3.22. The highest BCUT2D eigenvalue weighted by Gasteiger charge is 2.16. The molecule has 7 nitrogen and oxygen atoms in total. The first-order valence-corrected chi connectivity index (χ1v) is 6.85. The second kappa shape index (κ2) is 7.32. The fourth-order valence-corrected chi connectivity index (χ4v) is 1.92. The van der Waals surface area contributed by atoms with Crippen LogP contribution in [0, 0.1) is 15.9 Å². The molecule has 2 aromatic carbocycles. The molecule has 1 amide bonds. The molecule has 124 valence electrons. The second-order valence-electron chi connectivity index (χ2n) is 4.79. The fourth-order valence-electron chi connectivity index (χ4n) is 1.92. The number of benzene rings is 2. The van der Waals surface area contributed by atoms with E-state index in [1.807, 2.05) is 0 Å². The smallest absolute Gasteiger partial charge is 0.311 e. The zero-order valence-corrected chi connectivity index (χ0v) is 12.9. The minimum atomic E-state index is -0.563. The summed E-state index contributed by atoms with van der Waals surface area (Å²) >= 11 is 0. The van der Waals surface area contributed by atoms with Crippen LogP contribution < -0.4 is 10.2 Å². The van der Waals surface area contributed by atoms with Gasteiger partial charge >= 0.3 is 5.69 Å². The van der Waals surface area contributed by atoms with Crippen LogP contribution in [0.4, 0.5) is 10.1 Å². The minimum absolute atomic E-state index is 0.131. The van der Waals surface area contributed by atoms with E-state index < -0.39 is 16.6 Å². The number of amides is 1. The number of nitrogens with zero attached hydrogens (tertiary/aromatic N) is 2. The molecule has 0 aliphatic rings. The summed E-state index contributed by atoms with van der Waals surface area (Å²) in [6.45, 7) is 1.59. The number of methoxy groups -OCH3 is 1. The van der Waals surface area contributed by atoms with Gasteiger partial charge in [0.25, 0.3) is 5.91 Å². The quantitative estimate of drug-likeness (QED) is 0.518. The predicted molar refractivity (Wildman–Crippen MR) is 85.7 cm³/mol. The third-order valence-electron chi connectivity index (χ3n) is 3.22. The highest BCUT2D eigenvalue weighted by molar-refractivity contribution is 6.01. The fraction of sp³-hybridized carbons (Fsp3) is 0.125. The molecule has 0 fully saturated rings. The molecule has 8 heteroatoms. The molecule has 2 rings (SSSR count). The van der Waals surface area contributed by atoms with Gasteiger partial charge in [-0.25, -0.2) is 9.82 Å². The van der Waals surface area contributed by atoms with E-state index in [2.05, 4.69) is 10.5 Å². The average Bonchev–Trinajstić information content (AvgIpc) is 2.59. The first-order valence-electron chi connectivity index (χ1n) is 6.85. The zero-order chi connectivity index (χ0) is 17.7. The number of rotatable bonds is 5. The molecule has 0 spiro atoms. The summed E-state index contributed by atoms with van der Waals surface area (Å²) in [5.41, 5.74) is 3.20. The maximum Gasteiger partial charge on any atom is 0.311 e. The first kappa shape index (κ1) is 17.1. The zero-order valence-electron chi connectivity index (χ0n) is 12.9. The van der Waals surface area contributed by atoms with Crippen molar-refractivity contribution in [1.29, 1.82) is 0 Å². The van der Waals surface area contributed by atoms with Crippen LogP contribution in [0.3, 0.4) is 0 Å². The summed E-state index contributed by atoms with van der Waals surface area (Å²) in [5, 5.41) is 14.9. The molecule has 24 heavy (non-hydrogen) atoms. The van der Waals surface area contributed by atoms with E-state index in [1.165, 1.54) is 31.4 Å².